The number of carbonyl (C=O) groups excluding carboxylic acids is 2. The van der Waals surface area contributed by atoms with E-state index < -0.39 is 34.3 Å². The van der Waals surface area contributed by atoms with Crippen molar-refractivity contribution in [2.24, 2.45) is 0 Å². The summed E-state index contributed by atoms with van der Waals surface area (Å²) >= 11 is 0. The zero-order valence-electron chi connectivity index (χ0n) is 20.5. The first-order valence-corrected chi connectivity index (χ1v) is 13.2. The number of anilines is 1. The fourth-order valence-electron chi connectivity index (χ4n) is 3.51. The predicted molar refractivity (Wildman–Crippen MR) is 132 cm³/mol. The Bertz CT molecular complexity index is 1100. The highest BCUT2D eigenvalue weighted by Gasteiger charge is 2.30. The number of halogens is 1. The van der Waals surface area contributed by atoms with E-state index in [1.807, 2.05) is 19.9 Å². The number of sulfonamides is 1. The van der Waals surface area contributed by atoms with E-state index in [-0.39, 0.29) is 12.5 Å². The summed E-state index contributed by atoms with van der Waals surface area (Å²) in [7, 11) is -3.79. The van der Waals surface area contributed by atoms with Gasteiger partial charge in [0, 0.05) is 13.1 Å². The fraction of sp³-hybridized carbons (Fsp3) is 0.440. The van der Waals surface area contributed by atoms with Crippen LogP contribution >= 0.6 is 0 Å². The van der Waals surface area contributed by atoms with E-state index in [0.29, 0.717) is 17.8 Å². The van der Waals surface area contributed by atoms with Crippen molar-refractivity contribution < 1.29 is 22.4 Å². The quantitative estimate of drug-likeness (QED) is 0.487. The van der Waals surface area contributed by atoms with Gasteiger partial charge in [0.2, 0.25) is 21.8 Å². The molecule has 0 fully saturated rings. The van der Waals surface area contributed by atoms with E-state index >= 15 is 0 Å². The Morgan fingerprint density at radius 1 is 1.09 bits per heavy atom. The molecule has 0 radical (unpaired) electrons. The third-order valence-corrected chi connectivity index (χ3v) is 6.91. The molecule has 2 amide bonds. The lowest BCUT2D eigenvalue weighted by atomic mass is 10.1. The lowest BCUT2D eigenvalue weighted by Gasteiger charge is -2.32. The van der Waals surface area contributed by atoms with Crippen molar-refractivity contribution >= 4 is 27.5 Å². The second-order valence-corrected chi connectivity index (χ2v) is 10.4. The largest absolute Gasteiger partial charge is 0.354 e. The number of rotatable bonds is 11. The summed E-state index contributed by atoms with van der Waals surface area (Å²) in [6.07, 6.45) is 2.76. The number of benzene rings is 2. The van der Waals surface area contributed by atoms with Gasteiger partial charge in [0.25, 0.3) is 0 Å². The van der Waals surface area contributed by atoms with Crippen LogP contribution in [-0.2, 0) is 26.2 Å². The number of unbranched alkanes of at least 4 members (excludes halogenated alkanes) is 1. The summed E-state index contributed by atoms with van der Waals surface area (Å²) in [5.41, 5.74) is 2.68. The number of aryl methyl sites for hydroxylation is 1. The molecule has 1 N–H and O–H groups in total. The molecule has 186 valence electrons. The Morgan fingerprint density at radius 2 is 1.74 bits per heavy atom. The summed E-state index contributed by atoms with van der Waals surface area (Å²) in [5, 5.41) is 2.82. The lowest BCUT2D eigenvalue weighted by Crippen LogP contribution is -2.51. The zero-order valence-corrected chi connectivity index (χ0v) is 21.3. The van der Waals surface area contributed by atoms with Gasteiger partial charge >= 0.3 is 0 Å². The van der Waals surface area contributed by atoms with Crippen LogP contribution in [0.3, 0.4) is 0 Å². The van der Waals surface area contributed by atoms with Crippen LogP contribution in [0, 0.1) is 19.7 Å². The smallest absolute Gasteiger partial charge is 0.244 e. The van der Waals surface area contributed by atoms with Crippen molar-refractivity contribution in [3.63, 3.8) is 0 Å². The molecule has 1 unspecified atom stereocenters. The number of amides is 2. The highest BCUT2D eigenvalue weighted by Crippen LogP contribution is 2.25. The first-order valence-electron chi connectivity index (χ1n) is 11.3. The van der Waals surface area contributed by atoms with Crippen LogP contribution < -0.4 is 9.62 Å². The van der Waals surface area contributed by atoms with E-state index in [4.69, 9.17) is 0 Å². The minimum absolute atomic E-state index is 0.0336. The summed E-state index contributed by atoms with van der Waals surface area (Å²) in [4.78, 5) is 27.6. The Balaban J connectivity index is 2.38. The van der Waals surface area contributed by atoms with Crippen molar-refractivity contribution in [2.75, 3.05) is 23.7 Å². The molecular weight excluding hydrogens is 457 g/mol. The molecule has 0 bridgehead atoms. The van der Waals surface area contributed by atoms with Crippen LogP contribution in [0.1, 0.15) is 43.4 Å². The van der Waals surface area contributed by atoms with Gasteiger partial charge in [-0.15, -0.1) is 0 Å². The Morgan fingerprint density at radius 3 is 2.32 bits per heavy atom. The molecule has 0 aliphatic heterocycles. The molecule has 2 aromatic carbocycles. The Kier molecular flexibility index (Phi) is 9.61. The molecule has 34 heavy (non-hydrogen) atoms. The van der Waals surface area contributed by atoms with Gasteiger partial charge in [-0.25, -0.2) is 12.8 Å². The SMILES string of the molecule is CCCCNC(=O)C(C)N(Cc1ccc(F)cc1)C(=O)CN(c1cccc(C)c1C)S(C)(=O)=O. The molecule has 0 aliphatic carbocycles. The van der Waals surface area contributed by atoms with Crippen LogP contribution in [-0.4, -0.2) is 50.5 Å². The van der Waals surface area contributed by atoms with E-state index in [0.717, 1.165) is 34.5 Å². The maximum atomic E-state index is 13.5. The normalized spacial score (nSPS) is 12.2. The van der Waals surface area contributed by atoms with Gasteiger partial charge in [-0.2, -0.15) is 0 Å². The molecule has 7 nitrogen and oxygen atoms in total. The molecule has 0 heterocycles. The average Bonchev–Trinajstić information content (AvgIpc) is 2.78. The van der Waals surface area contributed by atoms with Gasteiger partial charge in [-0.3, -0.25) is 13.9 Å². The number of nitrogens with one attached hydrogen (secondary N) is 1. The van der Waals surface area contributed by atoms with Crippen molar-refractivity contribution in [2.45, 2.75) is 53.1 Å². The van der Waals surface area contributed by atoms with Crippen LogP contribution in [0.5, 0.6) is 0 Å². The molecule has 0 aliphatic rings. The minimum Gasteiger partial charge on any atom is -0.354 e. The molecule has 0 saturated carbocycles. The Hall–Kier alpha value is -2.94. The van der Waals surface area contributed by atoms with E-state index in [1.54, 1.807) is 26.0 Å². The van der Waals surface area contributed by atoms with Gasteiger partial charge in [0.15, 0.2) is 0 Å². The Labute approximate surface area is 202 Å². The second kappa shape index (κ2) is 12.0. The maximum Gasteiger partial charge on any atom is 0.244 e. The van der Waals surface area contributed by atoms with Crippen molar-refractivity contribution in [1.82, 2.24) is 10.2 Å². The van der Waals surface area contributed by atoms with E-state index in [1.165, 1.54) is 29.2 Å². The fourth-order valence-corrected chi connectivity index (χ4v) is 4.41. The van der Waals surface area contributed by atoms with Crippen LogP contribution in [0.4, 0.5) is 10.1 Å². The molecule has 2 rings (SSSR count). The number of carbonyl (C=O) groups is 2. The molecule has 1 atom stereocenters. The number of nitrogens with zero attached hydrogens (tertiary/aromatic N) is 2. The number of hydrogen-bond donors (Lipinski definition) is 1. The molecule has 9 heteroatoms. The average molecular weight is 492 g/mol. The molecule has 0 aromatic heterocycles. The highest BCUT2D eigenvalue weighted by molar-refractivity contribution is 7.92. The predicted octanol–water partition coefficient (Wildman–Crippen LogP) is 3.54. The molecular formula is C25H34FN3O4S. The number of hydrogen-bond acceptors (Lipinski definition) is 4. The topological polar surface area (TPSA) is 86.8 Å². The van der Waals surface area contributed by atoms with Gasteiger partial charge in [0.05, 0.1) is 11.9 Å². The molecule has 0 spiro atoms. The summed E-state index contributed by atoms with van der Waals surface area (Å²) in [6, 6.07) is 10.0. The minimum atomic E-state index is -3.79. The first kappa shape index (κ1) is 27.3. The highest BCUT2D eigenvalue weighted by atomic mass is 32.2. The van der Waals surface area contributed by atoms with Gasteiger partial charge < -0.3 is 10.2 Å². The molecule has 0 saturated heterocycles. The van der Waals surface area contributed by atoms with Gasteiger partial charge in [0.1, 0.15) is 18.4 Å². The molecule has 2 aromatic rings. The zero-order chi connectivity index (χ0) is 25.5. The van der Waals surface area contributed by atoms with E-state index in [2.05, 4.69) is 5.32 Å². The standard InChI is InChI=1S/C25H34FN3O4S/c1-6-7-15-27-25(31)20(4)28(16-21-11-13-22(26)14-12-21)24(30)17-29(34(5,32)33)23-10-8-9-18(2)19(23)3/h8-14,20H,6-7,15-17H2,1-5H3,(H,27,31). The van der Waals surface area contributed by atoms with Crippen molar-refractivity contribution in [3.05, 3.63) is 65.0 Å². The second-order valence-electron chi connectivity index (χ2n) is 8.46. The first-order chi connectivity index (χ1) is 16.0. The summed E-state index contributed by atoms with van der Waals surface area (Å²) in [6.45, 7) is 7.33. The summed E-state index contributed by atoms with van der Waals surface area (Å²) < 4.78 is 39.8. The van der Waals surface area contributed by atoms with Gasteiger partial charge in [-0.05, 0) is 62.1 Å². The van der Waals surface area contributed by atoms with Crippen LogP contribution in [0.25, 0.3) is 0 Å². The third-order valence-electron chi connectivity index (χ3n) is 5.79. The van der Waals surface area contributed by atoms with E-state index in [9.17, 15) is 22.4 Å². The monoisotopic (exact) mass is 491 g/mol. The maximum absolute atomic E-state index is 13.5. The van der Waals surface area contributed by atoms with Crippen molar-refractivity contribution in [1.29, 1.82) is 0 Å². The van der Waals surface area contributed by atoms with Crippen molar-refractivity contribution in [3.8, 4) is 0 Å². The van der Waals surface area contributed by atoms with Gasteiger partial charge in [-0.1, -0.05) is 37.6 Å². The third kappa shape index (κ3) is 7.28. The lowest BCUT2D eigenvalue weighted by molar-refractivity contribution is -0.139. The van der Waals surface area contributed by atoms with Crippen LogP contribution in [0.2, 0.25) is 0 Å². The summed E-state index contributed by atoms with van der Waals surface area (Å²) in [5.74, 6) is -1.28. The van der Waals surface area contributed by atoms with Crippen LogP contribution in [0.15, 0.2) is 42.5 Å².